The molecule has 4 aliphatic carbocycles. The van der Waals surface area contributed by atoms with Crippen molar-refractivity contribution in [1.82, 2.24) is 0 Å². The zero-order valence-electron chi connectivity index (χ0n) is 20.6. The first-order valence-electron chi connectivity index (χ1n) is 12.4. The molecule has 0 N–H and O–H groups in total. The van der Waals surface area contributed by atoms with Crippen LogP contribution in [0.1, 0.15) is 66.2 Å². The summed E-state index contributed by atoms with van der Waals surface area (Å²) >= 11 is 4.14. The second kappa shape index (κ2) is 7.96. The van der Waals surface area contributed by atoms with Crippen molar-refractivity contribution in [3.63, 3.8) is 0 Å². The van der Waals surface area contributed by atoms with E-state index < -0.39 is 39.9 Å². The first kappa shape index (κ1) is 25.1. The molecule has 6 unspecified atom stereocenters. The van der Waals surface area contributed by atoms with E-state index in [2.05, 4.69) is 22.9 Å². The largest absolute Gasteiger partial charge is 0.463 e. The van der Waals surface area contributed by atoms with Gasteiger partial charge in [0.15, 0.2) is 23.8 Å². The molecule has 192 valence electrons. The van der Waals surface area contributed by atoms with Crippen LogP contribution < -0.4 is 0 Å². The summed E-state index contributed by atoms with van der Waals surface area (Å²) in [6.07, 6.45) is 4.36. The highest BCUT2D eigenvalue weighted by Gasteiger charge is 2.79. The predicted molar refractivity (Wildman–Crippen MR) is 126 cm³/mol. The van der Waals surface area contributed by atoms with Gasteiger partial charge in [0.05, 0.1) is 10.4 Å². The SMILES string of the molecule is CC1(C)OC2CC3C4CCC5=CC(=O)CCC5(C)[C@@]4(Br)[C@@H](OC=O)CC3(C)C2(C(=O)COC=O)O1. The number of alkyl halides is 1. The molecule has 0 radical (unpaired) electrons. The molecule has 0 bridgehead atoms. The van der Waals surface area contributed by atoms with Crippen LogP contribution in [0.5, 0.6) is 0 Å². The van der Waals surface area contributed by atoms with Gasteiger partial charge in [-0.2, -0.15) is 0 Å². The fraction of sp³-hybridized carbons (Fsp3) is 0.769. The van der Waals surface area contributed by atoms with Crippen LogP contribution in [-0.4, -0.2) is 59.0 Å². The van der Waals surface area contributed by atoms with E-state index in [4.69, 9.17) is 18.9 Å². The van der Waals surface area contributed by atoms with Crippen molar-refractivity contribution in [2.24, 2.45) is 22.7 Å². The van der Waals surface area contributed by atoms with Gasteiger partial charge in [0.2, 0.25) is 5.78 Å². The molecule has 0 aromatic rings. The molecule has 5 rings (SSSR count). The van der Waals surface area contributed by atoms with Crippen LogP contribution in [0.15, 0.2) is 11.6 Å². The van der Waals surface area contributed by atoms with Gasteiger partial charge in [0.25, 0.3) is 12.9 Å². The van der Waals surface area contributed by atoms with Crippen LogP contribution in [0.25, 0.3) is 0 Å². The van der Waals surface area contributed by atoms with Crippen LogP contribution in [0, 0.1) is 22.7 Å². The third-order valence-corrected chi connectivity index (χ3v) is 11.9. The monoisotopic (exact) mass is 552 g/mol. The lowest BCUT2D eigenvalue weighted by Crippen LogP contribution is -2.70. The Balaban J connectivity index is 1.64. The average Bonchev–Trinajstić information content (AvgIpc) is 3.20. The molecule has 1 heterocycles. The van der Waals surface area contributed by atoms with Crippen molar-refractivity contribution in [2.45, 2.75) is 94.1 Å². The van der Waals surface area contributed by atoms with Crippen molar-refractivity contribution in [3.8, 4) is 0 Å². The highest BCUT2D eigenvalue weighted by Crippen LogP contribution is 2.74. The molecule has 8 atom stereocenters. The Bertz CT molecular complexity index is 1010. The van der Waals surface area contributed by atoms with Crippen molar-refractivity contribution in [1.29, 1.82) is 0 Å². The van der Waals surface area contributed by atoms with Gasteiger partial charge in [0, 0.05) is 17.3 Å². The second-order valence-electron chi connectivity index (χ2n) is 11.7. The fourth-order valence-electron chi connectivity index (χ4n) is 8.56. The van der Waals surface area contributed by atoms with Gasteiger partial charge in [0.1, 0.15) is 6.10 Å². The summed E-state index contributed by atoms with van der Waals surface area (Å²) < 4.78 is 23.0. The van der Waals surface area contributed by atoms with Crippen LogP contribution in [0.4, 0.5) is 0 Å². The number of Topliss-reactive ketones (excluding diaryl/α,β-unsaturated/α-hetero) is 1. The summed E-state index contributed by atoms with van der Waals surface area (Å²) in [6, 6.07) is 0. The highest BCUT2D eigenvalue weighted by molar-refractivity contribution is 9.10. The molecular weight excluding hydrogens is 520 g/mol. The van der Waals surface area contributed by atoms with Crippen molar-refractivity contribution in [2.75, 3.05) is 6.61 Å². The number of ether oxygens (including phenoxy) is 4. The Morgan fingerprint density at radius 2 is 1.91 bits per heavy atom. The number of allylic oxidation sites excluding steroid dienone is 1. The van der Waals surface area contributed by atoms with E-state index in [9.17, 15) is 19.2 Å². The molecule has 4 fully saturated rings. The number of ketones is 2. The Morgan fingerprint density at radius 1 is 1.17 bits per heavy atom. The normalized spacial score (nSPS) is 47.5. The number of fused-ring (bicyclic) bond motifs is 7. The van der Waals surface area contributed by atoms with E-state index in [1.54, 1.807) is 19.9 Å². The number of halogens is 1. The molecule has 3 saturated carbocycles. The number of carbonyl (C=O) groups is 4. The van der Waals surface area contributed by atoms with Crippen LogP contribution in [-0.2, 0) is 38.1 Å². The standard InChI is InChI=1S/C26H33BrO8/c1-22(2)34-20-10-18-17-6-5-15-9-16(30)7-8-23(15,3)25(17,27)21(33-14-29)11-24(18,4)26(20,35-22)19(31)12-32-13-28/h9,13-14,17-18,20-21H,5-8,10-12H2,1-4H3/t17?,18?,20?,21-,23?,24?,25-,26?/m0/s1. The van der Waals surface area contributed by atoms with Crippen LogP contribution >= 0.6 is 15.9 Å². The van der Waals surface area contributed by atoms with E-state index >= 15 is 0 Å². The Hall–Kier alpha value is -1.58. The maximum atomic E-state index is 13.7. The first-order chi connectivity index (χ1) is 16.4. The molecule has 0 aromatic heterocycles. The Morgan fingerprint density at radius 3 is 2.60 bits per heavy atom. The van der Waals surface area contributed by atoms with Crippen LogP contribution in [0.3, 0.4) is 0 Å². The van der Waals surface area contributed by atoms with Gasteiger partial charge >= 0.3 is 0 Å². The number of hydrogen-bond acceptors (Lipinski definition) is 8. The lowest BCUT2D eigenvalue weighted by molar-refractivity contribution is -0.224. The summed E-state index contributed by atoms with van der Waals surface area (Å²) in [7, 11) is 0. The number of hydrogen-bond donors (Lipinski definition) is 0. The molecule has 0 aromatic carbocycles. The maximum Gasteiger partial charge on any atom is 0.293 e. The zero-order valence-corrected chi connectivity index (χ0v) is 22.2. The predicted octanol–water partition coefficient (Wildman–Crippen LogP) is 3.43. The molecule has 0 spiro atoms. The van der Waals surface area contributed by atoms with E-state index in [0.717, 1.165) is 18.4 Å². The molecule has 0 amide bonds. The van der Waals surface area contributed by atoms with Gasteiger partial charge in [-0.25, -0.2) is 0 Å². The molecule has 8 nitrogen and oxygen atoms in total. The minimum atomic E-state index is -1.33. The fourth-order valence-corrected chi connectivity index (χ4v) is 9.83. The minimum Gasteiger partial charge on any atom is -0.463 e. The zero-order chi connectivity index (χ0) is 25.4. The lowest BCUT2D eigenvalue weighted by Gasteiger charge is -2.65. The third kappa shape index (κ3) is 3.10. The Labute approximate surface area is 213 Å². The molecule has 9 heteroatoms. The van der Waals surface area contributed by atoms with Crippen molar-refractivity contribution >= 4 is 40.4 Å². The number of carbonyl (C=O) groups excluding carboxylic acids is 4. The second-order valence-corrected chi connectivity index (χ2v) is 13.1. The van der Waals surface area contributed by atoms with Gasteiger partial charge in [-0.1, -0.05) is 35.4 Å². The maximum absolute atomic E-state index is 13.7. The van der Waals surface area contributed by atoms with E-state index in [1.165, 1.54) is 0 Å². The molecule has 5 aliphatic rings. The number of rotatable bonds is 6. The third-order valence-electron chi connectivity index (χ3n) is 9.93. The minimum absolute atomic E-state index is 0.0191. The summed E-state index contributed by atoms with van der Waals surface area (Å²) in [5.74, 6) is -1.12. The molecule has 35 heavy (non-hydrogen) atoms. The van der Waals surface area contributed by atoms with Gasteiger partial charge < -0.3 is 18.9 Å². The quantitative estimate of drug-likeness (QED) is 0.364. The first-order valence-corrected chi connectivity index (χ1v) is 13.2. The van der Waals surface area contributed by atoms with Crippen molar-refractivity contribution in [3.05, 3.63) is 11.6 Å². The topological polar surface area (TPSA) is 105 Å². The van der Waals surface area contributed by atoms with Crippen molar-refractivity contribution < 1.29 is 38.1 Å². The van der Waals surface area contributed by atoms with Gasteiger partial charge in [-0.05, 0) is 63.9 Å². The van der Waals surface area contributed by atoms with Crippen LogP contribution in [0.2, 0.25) is 0 Å². The average molecular weight is 553 g/mol. The summed E-state index contributed by atoms with van der Waals surface area (Å²) in [5.41, 5.74) is -1.34. The highest BCUT2D eigenvalue weighted by atomic mass is 79.9. The van der Waals surface area contributed by atoms with E-state index in [-0.39, 0.29) is 35.3 Å². The molecular formula is C26H33BrO8. The summed E-state index contributed by atoms with van der Waals surface area (Å²) in [4.78, 5) is 48.7. The van der Waals surface area contributed by atoms with E-state index in [0.29, 0.717) is 32.2 Å². The smallest absolute Gasteiger partial charge is 0.293 e. The molecule has 1 aliphatic heterocycles. The van der Waals surface area contributed by atoms with E-state index in [1.807, 2.05) is 6.92 Å². The Kier molecular flexibility index (Phi) is 5.70. The van der Waals surface area contributed by atoms with Gasteiger partial charge in [-0.3, -0.25) is 19.2 Å². The lowest BCUT2D eigenvalue weighted by atomic mass is 9.45. The molecule has 1 saturated heterocycles. The summed E-state index contributed by atoms with van der Waals surface area (Å²) in [6.45, 7) is 8.12. The summed E-state index contributed by atoms with van der Waals surface area (Å²) in [5, 5.41) is 0. The van der Waals surface area contributed by atoms with Gasteiger partial charge in [-0.15, -0.1) is 0 Å².